The smallest absolute Gasteiger partial charge is 0.140 e. The molecule has 0 aliphatic rings. The lowest BCUT2D eigenvalue weighted by molar-refractivity contribution is 0.962. The molecule has 1 N–H and O–H groups in total. The topological polar surface area (TPSA) is 35.8 Å². The van der Waals surface area contributed by atoms with Crippen molar-refractivity contribution in [2.45, 2.75) is 26.8 Å². The van der Waals surface area contributed by atoms with Crippen LogP contribution in [0.25, 0.3) is 0 Å². The van der Waals surface area contributed by atoms with E-state index in [1.807, 2.05) is 38.1 Å². The fourth-order valence-electron chi connectivity index (χ4n) is 2.53. The van der Waals surface area contributed by atoms with Gasteiger partial charge in [-0.2, -0.15) is 5.26 Å². The maximum Gasteiger partial charge on any atom is 0.140 e. The molecule has 2 aromatic carbocycles. The first-order chi connectivity index (χ1) is 9.51. The van der Waals surface area contributed by atoms with Gasteiger partial charge >= 0.3 is 0 Å². The zero-order chi connectivity index (χ0) is 14.7. The standard InChI is InChI=1S/C17H17ClN2/c1-11-8-12(2)17(13(3)9-11)16(10-19)20-15-6-4-14(18)5-7-15/h4-9,16,20H,1-3H3. The Morgan fingerprint density at radius 1 is 1.05 bits per heavy atom. The first-order valence-electron chi connectivity index (χ1n) is 6.50. The Morgan fingerprint density at radius 3 is 2.10 bits per heavy atom. The van der Waals surface area contributed by atoms with Gasteiger partial charge in [0.05, 0.1) is 6.07 Å². The van der Waals surface area contributed by atoms with Crippen LogP contribution in [0.4, 0.5) is 5.69 Å². The summed E-state index contributed by atoms with van der Waals surface area (Å²) in [4.78, 5) is 0. The minimum atomic E-state index is -0.364. The van der Waals surface area contributed by atoms with Gasteiger partial charge in [-0.3, -0.25) is 0 Å². The van der Waals surface area contributed by atoms with Crippen molar-refractivity contribution in [1.29, 1.82) is 5.26 Å². The summed E-state index contributed by atoms with van der Waals surface area (Å²) in [5, 5.41) is 13.4. The minimum Gasteiger partial charge on any atom is -0.366 e. The van der Waals surface area contributed by atoms with Gasteiger partial charge in [-0.1, -0.05) is 29.3 Å². The van der Waals surface area contributed by atoms with Crippen molar-refractivity contribution in [2.75, 3.05) is 5.32 Å². The summed E-state index contributed by atoms with van der Waals surface area (Å²) in [6.07, 6.45) is 0. The van der Waals surface area contributed by atoms with Crippen LogP contribution in [-0.4, -0.2) is 0 Å². The van der Waals surface area contributed by atoms with Crippen molar-refractivity contribution >= 4 is 17.3 Å². The normalized spacial score (nSPS) is 11.8. The van der Waals surface area contributed by atoms with Crippen molar-refractivity contribution < 1.29 is 0 Å². The molecule has 102 valence electrons. The van der Waals surface area contributed by atoms with E-state index in [0.717, 1.165) is 22.4 Å². The van der Waals surface area contributed by atoms with Gasteiger partial charge in [0.15, 0.2) is 0 Å². The van der Waals surface area contributed by atoms with Gasteiger partial charge in [-0.05, 0) is 61.7 Å². The lowest BCUT2D eigenvalue weighted by Gasteiger charge is -2.18. The van der Waals surface area contributed by atoms with Crippen molar-refractivity contribution in [1.82, 2.24) is 0 Å². The van der Waals surface area contributed by atoms with E-state index in [2.05, 4.69) is 30.4 Å². The number of hydrogen-bond donors (Lipinski definition) is 1. The summed E-state index contributed by atoms with van der Waals surface area (Å²) in [5.74, 6) is 0. The van der Waals surface area contributed by atoms with Gasteiger partial charge in [-0.25, -0.2) is 0 Å². The molecule has 3 heteroatoms. The average Bonchev–Trinajstić information content (AvgIpc) is 2.38. The molecule has 0 fully saturated rings. The molecule has 0 saturated heterocycles. The third-order valence-electron chi connectivity index (χ3n) is 3.31. The van der Waals surface area contributed by atoms with E-state index in [4.69, 9.17) is 11.6 Å². The molecular weight excluding hydrogens is 268 g/mol. The largest absolute Gasteiger partial charge is 0.366 e. The van der Waals surface area contributed by atoms with Crippen molar-refractivity contribution in [3.63, 3.8) is 0 Å². The van der Waals surface area contributed by atoms with E-state index < -0.39 is 0 Å². The van der Waals surface area contributed by atoms with Crippen LogP contribution in [-0.2, 0) is 0 Å². The van der Waals surface area contributed by atoms with Gasteiger partial charge in [0.1, 0.15) is 6.04 Å². The lowest BCUT2D eigenvalue weighted by atomic mass is 9.94. The van der Waals surface area contributed by atoms with Crippen LogP contribution >= 0.6 is 11.6 Å². The minimum absolute atomic E-state index is 0.364. The zero-order valence-electron chi connectivity index (χ0n) is 11.9. The van der Waals surface area contributed by atoms with Crippen molar-refractivity contribution in [3.05, 3.63) is 63.7 Å². The van der Waals surface area contributed by atoms with Crippen LogP contribution in [0.5, 0.6) is 0 Å². The second-order valence-corrected chi connectivity index (χ2v) is 5.46. The summed E-state index contributed by atoms with van der Waals surface area (Å²) in [6, 6.07) is 13.6. The highest BCUT2D eigenvalue weighted by Crippen LogP contribution is 2.27. The molecule has 2 nitrogen and oxygen atoms in total. The van der Waals surface area contributed by atoms with E-state index in [1.165, 1.54) is 5.56 Å². The highest BCUT2D eigenvalue weighted by Gasteiger charge is 2.15. The summed E-state index contributed by atoms with van der Waals surface area (Å²) in [5.41, 5.74) is 5.42. The fourth-order valence-corrected chi connectivity index (χ4v) is 2.65. The number of nitrogens with zero attached hydrogens (tertiary/aromatic N) is 1. The molecule has 1 atom stereocenters. The summed E-state index contributed by atoms with van der Waals surface area (Å²) < 4.78 is 0. The van der Waals surface area contributed by atoms with Crippen molar-refractivity contribution in [2.24, 2.45) is 0 Å². The van der Waals surface area contributed by atoms with Gasteiger partial charge < -0.3 is 5.32 Å². The van der Waals surface area contributed by atoms with Gasteiger partial charge in [-0.15, -0.1) is 0 Å². The molecule has 1 unspecified atom stereocenters. The number of nitriles is 1. The summed E-state index contributed by atoms with van der Waals surface area (Å²) in [7, 11) is 0. The maximum absolute atomic E-state index is 9.47. The van der Waals surface area contributed by atoms with Crippen LogP contribution in [0.15, 0.2) is 36.4 Å². The molecule has 0 heterocycles. The molecule has 2 aromatic rings. The highest BCUT2D eigenvalue weighted by molar-refractivity contribution is 6.30. The average molecular weight is 285 g/mol. The van der Waals surface area contributed by atoms with E-state index in [-0.39, 0.29) is 6.04 Å². The van der Waals surface area contributed by atoms with Crippen LogP contribution in [0.1, 0.15) is 28.3 Å². The van der Waals surface area contributed by atoms with Gasteiger partial charge in [0, 0.05) is 10.7 Å². The molecule has 0 saturated carbocycles. The molecule has 0 aliphatic heterocycles. The van der Waals surface area contributed by atoms with E-state index >= 15 is 0 Å². The predicted molar refractivity (Wildman–Crippen MR) is 84.1 cm³/mol. The number of aryl methyl sites for hydroxylation is 3. The molecule has 0 bridgehead atoms. The molecule has 20 heavy (non-hydrogen) atoms. The molecule has 0 aliphatic carbocycles. The summed E-state index contributed by atoms with van der Waals surface area (Å²) in [6.45, 7) is 6.16. The molecule has 0 spiro atoms. The Hall–Kier alpha value is -1.98. The van der Waals surface area contributed by atoms with Gasteiger partial charge in [0.2, 0.25) is 0 Å². The van der Waals surface area contributed by atoms with Crippen LogP contribution in [0.3, 0.4) is 0 Å². The number of hydrogen-bond acceptors (Lipinski definition) is 2. The Balaban J connectivity index is 2.34. The molecule has 0 aromatic heterocycles. The molecule has 0 amide bonds. The molecule has 0 radical (unpaired) electrons. The maximum atomic E-state index is 9.47. The quantitative estimate of drug-likeness (QED) is 0.866. The van der Waals surface area contributed by atoms with E-state index in [1.54, 1.807) is 0 Å². The highest BCUT2D eigenvalue weighted by atomic mass is 35.5. The van der Waals surface area contributed by atoms with Crippen LogP contribution in [0, 0.1) is 32.1 Å². The Morgan fingerprint density at radius 2 is 1.60 bits per heavy atom. The second-order valence-electron chi connectivity index (χ2n) is 5.03. The zero-order valence-corrected chi connectivity index (χ0v) is 12.6. The van der Waals surface area contributed by atoms with Gasteiger partial charge in [0.25, 0.3) is 0 Å². The Labute approximate surface area is 125 Å². The Kier molecular flexibility index (Phi) is 4.32. The number of halogens is 1. The third kappa shape index (κ3) is 3.12. The van der Waals surface area contributed by atoms with E-state index in [9.17, 15) is 5.26 Å². The third-order valence-corrected chi connectivity index (χ3v) is 3.56. The number of anilines is 1. The first-order valence-corrected chi connectivity index (χ1v) is 6.88. The monoisotopic (exact) mass is 284 g/mol. The summed E-state index contributed by atoms with van der Waals surface area (Å²) >= 11 is 5.87. The van der Waals surface area contributed by atoms with Crippen LogP contribution < -0.4 is 5.32 Å². The lowest BCUT2D eigenvalue weighted by Crippen LogP contribution is -2.12. The number of benzene rings is 2. The predicted octanol–water partition coefficient (Wildman–Crippen LogP) is 4.94. The number of nitrogens with one attached hydrogen (secondary N) is 1. The van der Waals surface area contributed by atoms with Crippen LogP contribution in [0.2, 0.25) is 5.02 Å². The first kappa shape index (κ1) is 14.4. The second kappa shape index (κ2) is 5.98. The number of rotatable bonds is 3. The fraction of sp³-hybridized carbons (Fsp3) is 0.235. The van der Waals surface area contributed by atoms with Crippen molar-refractivity contribution in [3.8, 4) is 6.07 Å². The molecule has 2 rings (SSSR count). The SMILES string of the molecule is Cc1cc(C)c(C(C#N)Nc2ccc(Cl)cc2)c(C)c1. The molecular formula is C17H17ClN2. The van der Waals surface area contributed by atoms with E-state index in [0.29, 0.717) is 5.02 Å². The Bertz CT molecular complexity index is 631.